The van der Waals surface area contributed by atoms with Gasteiger partial charge in [-0.25, -0.2) is 9.65 Å². The van der Waals surface area contributed by atoms with Gasteiger partial charge in [-0.3, -0.25) is 9.32 Å². The lowest BCUT2D eigenvalue weighted by molar-refractivity contribution is -0.139. The quantitative estimate of drug-likeness (QED) is 0.440. The van der Waals surface area contributed by atoms with Crippen LogP contribution in [0, 0.1) is 0 Å². The number of nitrogens with one attached hydrogen (secondary N) is 1. The summed E-state index contributed by atoms with van der Waals surface area (Å²) < 4.78 is 14.7. The molecule has 1 aliphatic rings. The molecule has 58 valence electrons. The first-order chi connectivity index (χ1) is 4.51. The average Bonchev–Trinajstić information content (AvgIpc) is 2.10. The lowest BCUT2D eigenvalue weighted by Crippen LogP contribution is -2.31. The summed E-state index contributed by atoms with van der Waals surface area (Å²) in [6, 6.07) is -1.06. The van der Waals surface area contributed by atoms with Gasteiger partial charge in [0.15, 0.2) is 0 Å². The Hall–Kier alpha value is -0.420. The molecular weight excluding hydrogens is 161 g/mol. The maximum atomic E-state index is 10.5. The Labute approximate surface area is 56.4 Å². The zero-order chi connectivity index (χ0) is 7.78. The molecule has 0 radical (unpaired) electrons. The Kier molecular flexibility index (Phi) is 1.78. The van der Waals surface area contributed by atoms with Crippen LogP contribution in [0.1, 0.15) is 0 Å². The van der Waals surface area contributed by atoms with Gasteiger partial charge in [0, 0.05) is 0 Å². The van der Waals surface area contributed by atoms with E-state index in [9.17, 15) is 9.36 Å². The Balaban J connectivity index is 2.60. The maximum Gasteiger partial charge on any atom is 0.403 e. The molecular formula is C3H6NO5P. The normalized spacial score (nSPS) is 39.9. The fraction of sp³-hybridized carbons (Fsp3) is 0.667. The first-order valence-corrected chi connectivity index (χ1v) is 4.07. The maximum absolute atomic E-state index is 10.5. The van der Waals surface area contributed by atoms with E-state index in [2.05, 4.69) is 4.52 Å². The summed E-state index contributed by atoms with van der Waals surface area (Å²) in [5, 5.41) is 10.2. The fourth-order valence-electron chi connectivity index (χ4n) is 0.574. The highest BCUT2D eigenvalue weighted by molar-refractivity contribution is 7.50. The smallest absolute Gasteiger partial charge is 0.403 e. The molecule has 0 saturated carbocycles. The highest BCUT2D eigenvalue weighted by atomic mass is 31.2. The van der Waals surface area contributed by atoms with Gasteiger partial charge in [-0.1, -0.05) is 0 Å². The van der Waals surface area contributed by atoms with Gasteiger partial charge in [-0.2, -0.15) is 0 Å². The van der Waals surface area contributed by atoms with Crippen LogP contribution < -0.4 is 5.09 Å². The van der Waals surface area contributed by atoms with Crippen LogP contribution in [-0.4, -0.2) is 28.6 Å². The van der Waals surface area contributed by atoms with Crippen molar-refractivity contribution >= 4 is 13.7 Å². The summed E-state index contributed by atoms with van der Waals surface area (Å²) >= 11 is 0. The summed E-state index contributed by atoms with van der Waals surface area (Å²) in [6.45, 7) is -0.261. The van der Waals surface area contributed by atoms with Gasteiger partial charge >= 0.3 is 13.7 Å². The van der Waals surface area contributed by atoms with Crippen LogP contribution in [0.2, 0.25) is 0 Å². The fourth-order valence-corrected chi connectivity index (χ4v) is 1.58. The van der Waals surface area contributed by atoms with Crippen molar-refractivity contribution < 1.29 is 23.9 Å². The molecule has 2 atom stereocenters. The second-order valence-corrected chi connectivity index (χ2v) is 3.39. The first-order valence-electron chi connectivity index (χ1n) is 2.49. The van der Waals surface area contributed by atoms with Crippen molar-refractivity contribution in [3.05, 3.63) is 0 Å². The highest BCUT2D eigenvalue weighted by Gasteiger charge is 2.36. The van der Waals surface area contributed by atoms with Crippen molar-refractivity contribution in [3.63, 3.8) is 0 Å². The molecule has 0 aliphatic carbocycles. The molecule has 0 spiro atoms. The molecule has 0 aromatic rings. The van der Waals surface area contributed by atoms with Crippen molar-refractivity contribution in [1.82, 2.24) is 5.09 Å². The minimum atomic E-state index is -3.78. The molecule has 7 heteroatoms. The predicted molar refractivity (Wildman–Crippen MR) is 30.3 cm³/mol. The Morgan fingerprint density at radius 2 is 2.40 bits per heavy atom. The van der Waals surface area contributed by atoms with E-state index in [-0.39, 0.29) is 6.61 Å². The van der Waals surface area contributed by atoms with E-state index in [1.165, 1.54) is 0 Å². The largest absolute Gasteiger partial charge is 0.480 e. The standard InChI is InChI=1S/C3H6NO5P/c5-3(6)2-1-9-10(7,8)4-2/h2H,1H2,(H,5,6)(H2,4,7,8)/t2-/m0/s1. The van der Waals surface area contributed by atoms with Crippen molar-refractivity contribution in [1.29, 1.82) is 0 Å². The summed E-state index contributed by atoms with van der Waals surface area (Å²) in [7, 11) is -3.78. The van der Waals surface area contributed by atoms with E-state index >= 15 is 0 Å². The van der Waals surface area contributed by atoms with Crippen LogP contribution in [0.4, 0.5) is 0 Å². The molecule has 10 heavy (non-hydrogen) atoms. The third-order valence-corrected chi connectivity index (χ3v) is 2.17. The monoisotopic (exact) mass is 167 g/mol. The predicted octanol–water partition coefficient (Wildman–Crippen LogP) is -0.840. The molecule has 1 fully saturated rings. The van der Waals surface area contributed by atoms with Gasteiger partial charge < -0.3 is 10.00 Å². The molecule has 1 saturated heterocycles. The SMILES string of the molecule is O=C(O)[C@@H]1COP(=O)(O)N1. The summed E-state index contributed by atoms with van der Waals surface area (Å²) in [5.74, 6) is -1.19. The molecule has 6 nitrogen and oxygen atoms in total. The zero-order valence-corrected chi connectivity index (χ0v) is 5.75. The summed E-state index contributed by atoms with van der Waals surface area (Å²) in [4.78, 5) is 18.7. The van der Waals surface area contributed by atoms with Crippen molar-refractivity contribution in [2.45, 2.75) is 6.04 Å². The van der Waals surface area contributed by atoms with Crippen LogP contribution in [0.15, 0.2) is 0 Å². The number of carboxylic acids is 1. The van der Waals surface area contributed by atoms with Crippen molar-refractivity contribution in [2.75, 3.05) is 6.61 Å². The van der Waals surface area contributed by atoms with E-state index in [1.54, 1.807) is 0 Å². The Bertz CT molecular complexity index is 203. The minimum Gasteiger partial charge on any atom is -0.480 e. The van der Waals surface area contributed by atoms with Gasteiger partial charge in [0.2, 0.25) is 0 Å². The average molecular weight is 167 g/mol. The third kappa shape index (κ3) is 1.54. The molecule has 1 aliphatic heterocycles. The lowest BCUT2D eigenvalue weighted by Gasteiger charge is -2.00. The van der Waals surface area contributed by atoms with Crippen LogP contribution in [0.25, 0.3) is 0 Å². The summed E-state index contributed by atoms with van der Waals surface area (Å²) in [6.07, 6.45) is 0. The number of carboxylic acid groups (broad SMARTS) is 1. The Morgan fingerprint density at radius 3 is 2.60 bits per heavy atom. The minimum absolute atomic E-state index is 0.261. The second-order valence-electron chi connectivity index (χ2n) is 1.84. The third-order valence-electron chi connectivity index (χ3n) is 1.03. The molecule has 0 bridgehead atoms. The van der Waals surface area contributed by atoms with Crippen LogP contribution in [-0.2, 0) is 13.9 Å². The number of carbonyl (C=O) groups is 1. The second kappa shape index (κ2) is 2.32. The van der Waals surface area contributed by atoms with E-state index in [1.807, 2.05) is 5.09 Å². The van der Waals surface area contributed by atoms with Gasteiger partial charge in [0.1, 0.15) is 6.04 Å². The topological polar surface area (TPSA) is 95.9 Å². The Morgan fingerprint density at radius 1 is 1.80 bits per heavy atom. The summed E-state index contributed by atoms with van der Waals surface area (Å²) in [5.41, 5.74) is 0. The molecule has 0 amide bonds. The van der Waals surface area contributed by atoms with Gasteiger partial charge in [-0.05, 0) is 0 Å². The molecule has 0 aromatic heterocycles. The van der Waals surface area contributed by atoms with Crippen molar-refractivity contribution in [2.24, 2.45) is 0 Å². The van der Waals surface area contributed by atoms with E-state index in [0.29, 0.717) is 0 Å². The molecule has 1 heterocycles. The number of aliphatic carboxylic acids is 1. The number of hydrogen-bond acceptors (Lipinski definition) is 3. The lowest BCUT2D eigenvalue weighted by atomic mass is 10.3. The molecule has 1 rings (SSSR count). The van der Waals surface area contributed by atoms with Crippen molar-refractivity contribution in [3.8, 4) is 0 Å². The van der Waals surface area contributed by atoms with Crippen LogP contribution in [0.3, 0.4) is 0 Å². The van der Waals surface area contributed by atoms with Crippen LogP contribution >= 0.6 is 7.75 Å². The number of rotatable bonds is 1. The van der Waals surface area contributed by atoms with Gasteiger partial charge in [-0.15, -0.1) is 0 Å². The highest BCUT2D eigenvalue weighted by Crippen LogP contribution is 2.41. The van der Waals surface area contributed by atoms with E-state index in [0.717, 1.165) is 0 Å². The first kappa shape index (κ1) is 7.68. The molecule has 1 unspecified atom stereocenters. The molecule has 0 aromatic carbocycles. The zero-order valence-electron chi connectivity index (χ0n) is 4.85. The van der Waals surface area contributed by atoms with Gasteiger partial charge in [0.25, 0.3) is 0 Å². The number of hydrogen-bond donors (Lipinski definition) is 3. The van der Waals surface area contributed by atoms with Crippen LogP contribution in [0.5, 0.6) is 0 Å². The van der Waals surface area contributed by atoms with Gasteiger partial charge in [0.05, 0.1) is 6.61 Å². The molecule has 3 N–H and O–H groups in total. The van der Waals surface area contributed by atoms with E-state index < -0.39 is 19.8 Å². The van der Waals surface area contributed by atoms with E-state index in [4.69, 9.17) is 10.00 Å².